The molecule has 0 amide bonds. The fourth-order valence-corrected chi connectivity index (χ4v) is 0.833. The van der Waals surface area contributed by atoms with Gasteiger partial charge in [-0.15, -0.1) is 0 Å². The fourth-order valence-electron chi connectivity index (χ4n) is 0.833. The highest BCUT2D eigenvalue weighted by atomic mass is 16.6. The van der Waals surface area contributed by atoms with Gasteiger partial charge in [0.15, 0.2) is 6.10 Å². The van der Waals surface area contributed by atoms with E-state index in [-0.39, 0.29) is 0 Å². The zero-order valence-electron chi connectivity index (χ0n) is 8.46. The number of ether oxygens (including phenoxy) is 2. The molecule has 16 heavy (non-hydrogen) atoms. The fraction of sp³-hybridized carbons (Fsp3) is 0.500. The van der Waals surface area contributed by atoms with Crippen molar-refractivity contribution in [3.8, 4) is 0 Å². The van der Waals surface area contributed by atoms with Gasteiger partial charge in [0.1, 0.15) is 0 Å². The lowest BCUT2D eigenvalue weighted by Crippen LogP contribution is -2.50. The van der Waals surface area contributed by atoms with Crippen LogP contribution in [0.5, 0.6) is 0 Å². The largest absolute Gasteiger partial charge is 0.546 e. The molecule has 0 rings (SSSR count). The molecule has 8 heteroatoms. The van der Waals surface area contributed by atoms with Crippen molar-refractivity contribution in [2.24, 2.45) is 0 Å². The number of hydrogen-bond acceptors (Lipinski definition) is 7. The third kappa shape index (κ3) is 4.40. The van der Waals surface area contributed by atoms with Gasteiger partial charge in [0.2, 0.25) is 6.10 Å². The van der Waals surface area contributed by atoms with Crippen molar-refractivity contribution in [2.45, 2.75) is 26.1 Å². The summed E-state index contributed by atoms with van der Waals surface area (Å²) in [6.07, 6.45) is -4.31. The van der Waals surface area contributed by atoms with Crippen LogP contribution in [0.1, 0.15) is 13.8 Å². The summed E-state index contributed by atoms with van der Waals surface area (Å²) < 4.78 is 8.38. The highest BCUT2D eigenvalue weighted by Gasteiger charge is 2.34. The molecule has 0 bridgehead atoms. The molecular weight excluding hydrogens is 224 g/mol. The van der Waals surface area contributed by atoms with Crippen molar-refractivity contribution >= 4 is 23.9 Å². The van der Waals surface area contributed by atoms with Gasteiger partial charge < -0.3 is 24.5 Å². The molecule has 0 aromatic rings. The SMILES string of the molecule is CC(=O)OC(C(=O)[O-])C(OC(C)=O)C(=O)O. The molecule has 0 saturated heterocycles. The highest BCUT2D eigenvalue weighted by Crippen LogP contribution is 2.06. The standard InChI is InChI=1S/C8H10O8/c1-3(9)15-5(7(11)12)6(8(13)14)16-4(2)10/h5-6H,1-2H3,(H,11,12)(H,13,14)/p-1. The number of carbonyl (C=O) groups excluding carboxylic acids is 3. The zero-order chi connectivity index (χ0) is 12.9. The Morgan fingerprint density at radius 2 is 1.38 bits per heavy atom. The summed E-state index contributed by atoms with van der Waals surface area (Å²) >= 11 is 0. The summed E-state index contributed by atoms with van der Waals surface area (Å²) in [6.45, 7) is 1.76. The number of carboxylic acids is 2. The van der Waals surface area contributed by atoms with Crippen molar-refractivity contribution in [1.29, 1.82) is 0 Å². The first-order chi connectivity index (χ1) is 7.25. The second kappa shape index (κ2) is 5.69. The Morgan fingerprint density at radius 3 is 1.62 bits per heavy atom. The molecule has 90 valence electrons. The molecule has 1 N–H and O–H groups in total. The summed E-state index contributed by atoms with van der Waals surface area (Å²) in [4.78, 5) is 42.2. The maximum Gasteiger partial charge on any atom is 0.349 e. The lowest BCUT2D eigenvalue weighted by Gasteiger charge is -2.23. The molecule has 0 aliphatic carbocycles. The first-order valence-corrected chi connectivity index (χ1v) is 4.03. The molecule has 0 radical (unpaired) electrons. The van der Waals surface area contributed by atoms with Crippen LogP contribution < -0.4 is 5.11 Å². The molecule has 2 atom stereocenters. The second-order valence-electron chi connectivity index (χ2n) is 2.72. The average Bonchev–Trinajstić information content (AvgIpc) is 2.09. The van der Waals surface area contributed by atoms with E-state index in [1.807, 2.05) is 0 Å². The van der Waals surface area contributed by atoms with Gasteiger partial charge in [-0.25, -0.2) is 4.79 Å². The first kappa shape index (κ1) is 13.9. The quantitative estimate of drug-likeness (QED) is 0.524. The zero-order valence-corrected chi connectivity index (χ0v) is 8.46. The van der Waals surface area contributed by atoms with Gasteiger partial charge in [-0.3, -0.25) is 9.59 Å². The Morgan fingerprint density at radius 1 is 1.00 bits per heavy atom. The minimum Gasteiger partial charge on any atom is -0.546 e. The molecule has 0 aliphatic rings. The Balaban J connectivity index is 4.93. The van der Waals surface area contributed by atoms with Crippen LogP contribution in [0.3, 0.4) is 0 Å². The van der Waals surface area contributed by atoms with Crippen LogP contribution in [0.25, 0.3) is 0 Å². The Labute approximate surface area is 89.8 Å². The van der Waals surface area contributed by atoms with Crippen LogP contribution in [0.4, 0.5) is 0 Å². The predicted molar refractivity (Wildman–Crippen MR) is 43.8 cm³/mol. The third-order valence-electron chi connectivity index (χ3n) is 1.34. The van der Waals surface area contributed by atoms with Gasteiger partial charge in [-0.1, -0.05) is 0 Å². The van der Waals surface area contributed by atoms with Gasteiger partial charge in [-0.2, -0.15) is 0 Å². The summed E-state index contributed by atoms with van der Waals surface area (Å²) in [5, 5.41) is 19.1. The topological polar surface area (TPSA) is 130 Å². The minimum atomic E-state index is -2.18. The molecule has 2 unspecified atom stereocenters. The van der Waals surface area contributed by atoms with E-state index in [0.717, 1.165) is 13.8 Å². The maximum absolute atomic E-state index is 10.6. The van der Waals surface area contributed by atoms with E-state index >= 15 is 0 Å². The van der Waals surface area contributed by atoms with E-state index < -0.39 is 36.1 Å². The normalized spacial score (nSPS) is 13.4. The summed E-state index contributed by atoms with van der Waals surface area (Å²) in [6, 6.07) is 0. The van der Waals surface area contributed by atoms with Crippen LogP contribution in [0.2, 0.25) is 0 Å². The molecular formula is C8H9O8-. The van der Waals surface area contributed by atoms with Gasteiger partial charge in [-0.05, 0) is 0 Å². The molecule has 0 aromatic heterocycles. The average molecular weight is 233 g/mol. The van der Waals surface area contributed by atoms with Gasteiger partial charge in [0.25, 0.3) is 0 Å². The summed E-state index contributed by atoms with van der Waals surface area (Å²) in [5.74, 6) is -5.78. The number of aliphatic carboxylic acids is 2. The van der Waals surface area contributed by atoms with Crippen LogP contribution in [0, 0.1) is 0 Å². The number of carboxylic acid groups (broad SMARTS) is 2. The molecule has 0 aromatic carbocycles. The van der Waals surface area contributed by atoms with Crippen molar-refractivity contribution < 1.29 is 38.9 Å². The van der Waals surface area contributed by atoms with E-state index in [9.17, 15) is 24.3 Å². The van der Waals surface area contributed by atoms with E-state index in [1.54, 1.807) is 0 Å². The van der Waals surface area contributed by atoms with Gasteiger partial charge in [0, 0.05) is 13.8 Å². The first-order valence-electron chi connectivity index (χ1n) is 4.03. The van der Waals surface area contributed by atoms with E-state index in [1.165, 1.54) is 0 Å². The number of hydrogen-bond donors (Lipinski definition) is 1. The lowest BCUT2D eigenvalue weighted by molar-refractivity contribution is -0.318. The monoisotopic (exact) mass is 233 g/mol. The molecule has 0 aliphatic heterocycles. The molecule has 0 spiro atoms. The Hall–Kier alpha value is -2.12. The van der Waals surface area contributed by atoms with E-state index in [4.69, 9.17) is 5.11 Å². The molecule has 0 fully saturated rings. The van der Waals surface area contributed by atoms with Crippen molar-refractivity contribution in [1.82, 2.24) is 0 Å². The lowest BCUT2D eigenvalue weighted by atomic mass is 10.2. The smallest absolute Gasteiger partial charge is 0.349 e. The third-order valence-corrected chi connectivity index (χ3v) is 1.34. The molecule has 8 nitrogen and oxygen atoms in total. The van der Waals surface area contributed by atoms with E-state index in [2.05, 4.69) is 9.47 Å². The van der Waals surface area contributed by atoms with Crippen LogP contribution >= 0.6 is 0 Å². The van der Waals surface area contributed by atoms with Gasteiger partial charge in [0.05, 0.1) is 5.97 Å². The van der Waals surface area contributed by atoms with Crippen LogP contribution in [-0.4, -0.2) is 41.2 Å². The van der Waals surface area contributed by atoms with Crippen LogP contribution in [-0.2, 0) is 28.7 Å². The summed E-state index contributed by atoms with van der Waals surface area (Å²) in [7, 11) is 0. The van der Waals surface area contributed by atoms with Crippen molar-refractivity contribution in [3.63, 3.8) is 0 Å². The molecule has 0 heterocycles. The highest BCUT2D eigenvalue weighted by molar-refractivity contribution is 5.86. The molecule has 0 saturated carbocycles. The second-order valence-corrected chi connectivity index (χ2v) is 2.72. The van der Waals surface area contributed by atoms with Crippen molar-refractivity contribution in [2.75, 3.05) is 0 Å². The van der Waals surface area contributed by atoms with Gasteiger partial charge >= 0.3 is 17.9 Å². The van der Waals surface area contributed by atoms with Crippen LogP contribution in [0.15, 0.2) is 0 Å². The van der Waals surface area contributed by atoms with E-state index in [0.29, 0.717) is 0 Å². The number of rotatable bonds is 5. The number of carbonyl (C=O) groups is 4. The summed E-state index contributed by atoms with van der Waals surface area (Å²) in [5.41, 5.74) is 0. The predicted octanol–water partition coefficient (Wildman–Crippen LogP) is -2.32. The van der Waals surface area contributed by atoms with Crippen molar-refractivity contribution in [3.05, 3.63) is 0 Å². The maximum atomic E-state index is 10.6. The number of esters is 2. The Bertz CT molecular complexity index is 288. The minimum absolute atomic E-state index is 0.878. The Kier molecular flexibility index (Phi) is 4.93.